The fourth-order valence-electron chi connectivity index (χ4n) is 1.69. The van der Waals surface area contributed by atoms with E-state index in [0.717, 1.165) is 5.52 Å². The number of aromatic amines is 1. The van der Waals surface area contributed by atoms with Crippen LogP contribution in [0.1, 0.15) is 22.8 Å². The molecule has 19 heavy (non-hydrogen) atoms. The van der Waals surface area contributed by atoms with E-state index < -0.39 is 5.97 Å². The molecule has 0 fully saturated rings. The minimum atomic E-state index is -0.977. The summed E-state index contributed by atoms with van der Waals surface area (Å²) in [4.78, 5) is 24.6. The van der Waals surface area contributed by atoms with Gasteiger partial charge in [-0.25, -0.2) is 4.79 Å². The molecule has 2 aromatic rings. The van der Waals surface area contributed by atoms with Gasteiger partial charge in [-0.15, -0.1) is 0 Å². The smallest absolute Gasteiger partial charge is 0.337 e. The van der Waals surface area contributed by atoms with E-state index in [1.54, 1.807) is 18.2 Å². The third kappa shape index (κ3) is 2.93. The van der Waals surface area contributed by atoms with Crippen LogP contribution in [0, 0.1) is 11.8 Å². The Morgan fingerprint density at radius 2 is 2.21 bits per heavy atom. The number of carboxylic acids is 1. The summed E-state index contributed by atoms with van der Waals surface area (Å²) in [5, 5.41) is 12.2. The highest BCUT2D eigenvalue weighted by molar-refractivity contribution is 6.03. The van der Waals surface area contributed by atoms with Gasteiger partial charge in [0.1, 0.15) is 0 Å². The van der Waals surface area contributed by atoms with Crippen LogP contribution in [0.4, 0.5) is 0 Å². The standard InChI is InChI=1S/C14H12N2O3/c1-9(17)15-6-2-3-10-4-5-13-11(7-10)12(8-16-13)14(18)19/h4-5,7-8,16H,6H2,1H3,(H,15,17)(H,18,19). The molecule has 5 heteroatoms. The molecule has 0 radical (unpaired) electrons. The molecule has 0 unspecified atom stereocenters. The van der Waals surface area contributed by atoms with Crippen molar-refractivity contribution >= 4 is 22.8 Å². The number of fused-ring (bicyclic) bond motifs is 1. The zero-order chi connectivity index (χ0) is 13.8. The number of rotatable bonds is 2. The van der Waals surface area contributed by atoms with Gasteiger partial charge in [-0.3, -0.25) is 4.79 Å². The Morgan fingerprint density at radius 1 is 1.42 bits per heavy atom. The Kier molecular flexibility index (Phi) is 3.53. The predicted octanol–water partition coefficient (Wildman–Crippen LogP) is 1.35. The topological polar surface area (TPSA) is 82.2 Å². The van der Waals surface area contributed by atoms with Crippen molar-refractivity contribution in [2.24, 2.45) is 0 Å². The van der Waals surface area contributed by atoms with E-state index in [0.29, 0.717) is 10.9 Å². The van der Waals surface area contributed by atoms with Gasteiger partial charge in [-0.2, -0.15) is 0 Å². The van der Waals surface area contributed by atoms with Gasteiger partial charge in [0.2, 0.25) is 5.91 Å². The second kappa shape index (κ2) is 5.27. The van der Waals surface area contributed by atoms with Crippen LogP contribution in [-0.2, 0) is 4.79 Å². The van der Waals surface area contributed by atoms with Crippen LogP contribution in [-0.4, -0.2) is 28.5 Å². The lowest BCUT2D eigenvalue weighted by Gasteiger charge is -1.95. The van der Waals surface area contributed by atoms with Crippen LogP contribution in [0.25, 0.3) is 10.9 Å². The number of amides is 1. The normalized spacial score (nSPS) is 9.74. The van der Waals surface area contributed by atoms with Gasteiger partial charge in [-0.1, -0.05) is 11.8 Å². The molecule has 0 saturated heterocycles. The summed E-state index contributed by atoms with van der Waals surface area (Å²) >= 11 is 0. The summed E-state index contributed by atoms with van der Waals surface area (Å²) in [5.74, 6) is 4.56. The molecule has 0 aliphatic rings. The van der Waals surface area contributed by atoms with Crippen LogP contribution in [0.15, 0.2) is 24.4 Å². The maximum absolute atomic E-state index is 11.0. The summed E-state index contributed by atoms with van der Waals surface area (Å²) in [6, 6.07) is 5.30. The molecular weight excluding hydrogens is 244 g/mol. The molecular formula is C14H12N2O3. The van der Waals surface area contributed by atoms with Gasteiger partial charge in [0.05, 0.1) is 12.1 Å². The lowest BCUT2D eigenvalue weighted by molar-refractivity contribution is -0.118. The highest BCUT2D eigenvalue weighted by Gasteiger charge is 2.09. The van der Waals surface area contributed by atoms with Crippen LogP contribution >= 0.6 is 0 Å². The minimum absolute atomic E-state index is 0.136. The van der Waals surface area contributed by atoms with E-state index in [1.165, 1.54) is 13.1 Å². The van der Waals surface area contributed by atoms with Gasteiger partial charge in [-0.05, 0) is 18.2 Å². The molecule has 0 spiro atoms. The fourth-order valence-corrected chi connectivity index (χ4v) is 1.69. The van der Waals surface area contributed by atoms with Crippen molar-refractivity contribution in [1.29, 1.82) is 0 Å². The monoisotopic (exact) mass is 256 g/mol. The Balaban J connectivity index is 2.27. The van der Waals surface area contributed by atoms with Crippen molar-refractivity contribution in [3.63, 3.8) is 0 Å². The summed E-state index contributed by atoms with van der Waals surface area (Å²) in [6.07, 6.45) is 1.46. The van der Waals surface area contributed by atoms with Crippen molar-refractivity contribution in [1.82, 2.24) is 10.3 Å². The van der Waals surface area contributed by atoms with Gasteiger partial charge in [0.25, 0.3) is 0 Å². The number of carboxylic acid groups (broad SMARTS) is 1. The zero-order valence-electron chi connectivity index (χ0n) is 10.3. The second-order valence-electron chi connectivity index (χ2n) is 3.98. The van der Waals surface area contributed by atoms with Gasteiger partial charge in [0.15, 0.2) is 0 Å². The number of carbonyl (C=O) groups excluding carboxylic acids is 1. The Morgan fingerprint density at radius 3 is 2.89 bits per heavy atom. The lowest BCUT2D eigenvalue weighted by atomic mass is 10.1. The van der Waals surface area contributed by atoms with E-state index in [-0.39, 0.29) is 18.0 Å². The Hall–Kier alpha value is -2.74. The van der Waals surface area contributed by atoms with Gasteiger partial charge in [0, 0.05) is 29.6 Å². The van der Waals surface area contributed by atoms with Crippen LogP contribution in [0.5, 0.6) is 0 Å². The molecule has 0 saturated carbocycles. The summed E-state index contributed by atoms with van der Waals surface area (Å²) in [6.45, 7) is 1.69. The SMILES string of the molecule is CC(=O)NCC#Cc1ccc2[nH]cc(C(=O)O)c2c1. The Bertz CT molecular complexity index is 704. The molecule has 3 N–H and O–H groups in total. The number of aromatic nitrogens is 1. The van der Waals surface area contributed by atoms with Gasteiger partial charge < -0.3 is 15.4 Å². The summed E-state index contributed by atoms with van der Waals surface area (Å²) in [5.41, 5.74) is 1.69. The molecule has 0 aliphatic carbocycles. The quantitative estimate of drug-likeness (QED) is 0.709. The first-order valence-electron chi connectivity index (χ1n) is 5.65. The van der Waals surface area contributed by atoms with Crippen molar-refractivity contribution in [2.45, 2.75) is 6.92 Å². The van der Waals surface area contributed by atoms with E-state index in [1.807, 2.05) is 0 Å². The number of hydrogen-bond donors (Lipinski definition) is 3. The molecule has 1 amide bonds. The molecule has 0 bridgehead atoms. The molecule has 1 aromatic carbocycles. The lowest BCUT2D eigenvalue weighted by Crippen LogP contribution is -2.19. The van der Waals surface area contributed by atoms with Crippen molar-refractivity contribution < 1.29 is 14.7 Å². The zero-order valence-corrected chi connectivity index (χ0v) is 10.3. The van der Waals surface area contributed by atoms with Crippen molar-refractivity contribution in [3.05, 3.63) is 35.5 Å². The average molecular weight is 256 g/mol. The fraction of sp³-hybridized carbons (Fsp3) is 0.143. The molecule has 1 heterocycles. The third-order valence-electron chi connectivity index (χ3n) is 2.57. The second-order valence-corrected chi connectivity index (χ2v) is 3.98. The molecule has 2 rings (SSSR count). The number of benzene rings is 1. The van der Waals surface area contributed by atoms with Crippen molar-refractivity contribution in [3.8, 4) is 11.8 Å². The number of H-pyrrole nitrogens is 1. The first kappa shape index (κ1) is 12.7. The number of carbonyl (C=O) groups is 2. The van der Waals surface area contributed by atoms with E-state index in [2.05, 4.69) is 22.1 Å². The van der Waals surface area contributed by atoms with E-state index >= 15 is 0 Å². The molecule has 5 nitrogen and oxygen atoms in total. The number of nitrogens with one attached hydrogen (secondary N) is 2. The maximum Gasteiger partial charge on any atom is 0.337 e. The van der Waals surface area contributed by atoms with Crippen molar-refractivity contribution in [2.75, 3.05) is 6.54 Å². The van der Waals surface area contributed by atoms with Gasteiger partial charge >= 0.3 is 5.97 Å². The number of aromatic carboxylic acids is 1. The van der Waals surface area contributed by atoms with E-state index in [4.69, 9.17) is 5.11 Å². The van der Waals surface area contributed by atoms with Crippen LogP contribution in [0.3, 0.4) is 0 Å². The molecule has 96 valence electrons. The first-order chi connectivity index (χ1) is 9.08. The minimum Gasteiger partial charge on any atom is -0.478 e. The molecule has 0 atom stereocenters. The third-order valence-corrected chi connectivity index (χ3v) is 2.57. The summed E-state index contributed by atoms with van der Waals surface area (Å²) in [7, 11) is 0. The number of hydrogen-bond acceptors (Lipinski definition) is 2. The molecule has 1 aromatic heterocycles. The van der Waals surface area contributed by atoms with E-state index in [9.17, 15) is 9.59 Å². The highest BCUT2D eigenvalue weighted by atomic mass is 16.4. The highest BCUT2D eigenvalue weighted by Crippen LogP contribution is 2.19. The largest absolute Gasteiger partial charge is 0.478 e. The van der Waals surface area contributed by atoms with Crippen LogP contribution < -0.4 is 5.32 Å². The predicted molar refractivity (Wildman–Crippen MR) is 70.8 cm³/mol. The first-order valence-corrected chi connectivity index (χ1v) is 5.65. The average Bonchev–Trinajstić information content (AvgIpc) is 2.77. The summed E-state index contributed by atoms with van der Waals surface area (Å²) < 4.78 is 0. The molecule has 0 aliphatic heterocycles. The Labute approximate surface area is 109 Å². The van der Waals surface area contributed by atoms with Crippen LogP contribution in [0.2, 0.25) is 0 Å². The maximum atomic E-state index is 11.0.